The van der Waals surface area contributed by atoms with E-state index in [1.54, 1.807) is 0 Å². The van der Waals surface area contributed by atoms with Gasteiger partial charge >= 0.3 is 5.97 Å². The monoisotopic (exact) mass is 251 g/mol. The fourth-order valence-corrected chi connectivity index (χ4v) is 4.76. The van der Waals surface area contributed by atoms with Crippen LogP contribution in [0.5, 0.6) is 0 Å². The van der Waals surface area contributed by atoms with Crippen molar-refractivity contribution in [1.29, 1.82) is 0 Å². The number of hydrogen-bond acceptors (Lipinski definition) is 2. The predicted molar refractivity (Wildman–Crippen MR) is 70.3 cm³/mol. The SMILES string of the molecule is CCC1CCC(NC2C3CCC(C3)C2C(=O)O)C1. The smallest absolute Gasteiger partial charge is 0.308 e. The maximum atomic E-state index is 11.5. The molecule has 0 aromatic rings. The lowest BCUT2D eigenvalue weighted by atomic mass is 9.84. The van der Waals surface area contributed by atoms with Gasteiger partial charge in [0.05, 0.1) is 5.92 Å². The van der Waals surface area contributed by atoms with Crippen LogP contribution < -0.4 is 5.32 Å². The van der Waals surface area contributed by atoms with Crippen molar-refractivity contribution in [3.8, 4) is 0 Å². The van der Waals surface area contributed by atoms with E-state index in [4.69, 9.17) is 0 Å². The zero-order valence-corrected chi connectivity index (χ0v) is 11.3. The molecule has 3 fully saturated rings. The first-order valence-electron chi connectivity index (χ1n) is 7.68. The van der Waals surface area contributed by atoms with Crippen molar-refractivity contribution in [2.24, 2.45) is 23.7 Å². The van der Waals surface area contributed by atoms with Crippen LogP contribution >= 0.6 is 0 Å². The zero-order valence-electron chi connectivity index (χ0n) is 11.3. The molecule has 0 amide bonds. The van der Waals surface area contributed by atoms with Crippen molar-refractivity contribution in [3.05, 3.63) is 0 Å². The van der Waals surface area contributed by atoms with E-state index in [-0.39, 0.29) is 12.0 Å². The Hall–Kier alpha value is -0.570. The van der Waals surface area contributed by atoms with Crippen LogP contribution in [-0.4, -0.2) is 23.2 Å². The molecule has 18 heavy (non-hydrogen) atoms. The molecular formula is C15H25NO2. The van der Waals surface area contributed by atoms with E-state index in [1.807, 2.05) is 0 Å². The lowest BCUT2D eigenvalue weighted by Gasteiger charge is -2.31. The first-order valence-corrected chi connectivity index (χ1v) is 7.68. The zero-order chi connectivity index (χ0) is 12.7. The Balaban J connectivity index is 1.63. The number of rotatable bonds is 4. The molecular weight excluding hydrogens is 226 g/mol. The first kappa shape index (κ1) is 12.5. The summed E-state index contributed by atoms with van der Waals surface area (Å²) in [5.74, 6) is 1.28. The number of carbonyl (C=O) groups is 1. The summed E-state index contributed by atoms with van der Waals surface area (Å²) in [6, 6.07) is 0.850. The van der Waals surface area contributed by atoms with Gasteiger partial charge in [-0.2, -0.15) is 0 Å². The molecule has 3 aliphatic rings. The third kappa shape index (κ3) is 2.07. The molecule has 3 heteroatoms. The van der Waals surface area contributed by atoms with Crippen LogP contribution in [0.2, 0.25) is 0 Å². The van der Waals surface area contributed by atoms with Crippen molar-refractivity contribution in [1.82, 2.24) is 5.32 Å². The summed E-state index contributed by atoms with van der Waals surface area (Å²) in [7, 11) is 0. The fourth-order valence-electron chi connectivity index (χ4n) is 4.76. The van der Waals surface area contributed by atoms with E-state index in [0.29, 0.717) is 17.9 Å². The van der Waals surface area contributed by atoms with Crippen LogP contribution in [0.25, 0.3) is 0 Å². The largest absolute Gasteiger partial charge is 0.481 e. The molecule has 3 rings (SSSR count). The maximum Gasteiger partial charge on any atom is 0.308 e. The number of carboxylic acid groups (broad SMARTS) is 1. The molecule has 3 saturated carbocycles. The highest BCUT2D eigenvalue weighted by Gasteiger charge is 2.51. The average molecular weight is 251 g/mol. The van der Waals surface area contributed by atoms with Gasteiger partial charge < -0.3 is 10.4 Å². The number of carboxylic acids is 1. The molecule has 0 aliphatic heterocycles. The van der Waals surface area contributed by atoms with E-state index in [2.05, 4.69) is 12.2 Å². The summed E-state index contributed by atoms with van der Waals surface area (Å²) in [5.41, 5.74) is 0. The van der Waals surface area contributed by atoms with E-state index < -0.39 is 5.97 Å². The second-order valence-corrected chi connectivity index (χ2v) is 6.67. The van der Waals surface area contributed by atoms with Gasteiger partial charge in [0.25, 0.3) is 0 Å². The lowest BCUT2D eigenvalue weighted by Crippen LogP contribution is -2.47. The Morgan fingerprint density at radius 1 is 1.17 bits per heavy atom. The molecule has 6 unspecified atom stereocenters. The molecule has 0 spiro atoms. The van der Waals surface area contributed by atoms with Crippen molar-refractivity contribution in [2.45, 2.75) is 64.0 Å². The van der Waals surface area contributed by atoms with E-state index in [0.717, 1.165) is 18.8 Å². The van der Waals surface area contributed by atoms with Gasteiger partial charge in [-0.1, -0.05) is 13.3 Å². The Labute approximate surface area is 109 Å². The molecule has 0 radical (unpaired) electrons. The highest BCUT2D eigenvalue weighted by Crippen LogP contribution is 2.49. The van der Waals surface area contributed by atoms with Crippen LogP contribution in [0.3, 0.4) is 0 Å². The summed E-state index contributed by atoms with van der Waals surface area (Å²) in [6.45, 7) is 2.27. The van der Waals surface area contributed by atoms with Gasteiger partial charge in [0.2, 0.25) is 0 Å². The quantitative estimate of drug-likeness (QED) is 0.807. The van der Waals surface area contributed by atoms with Gasteiger partial charge in [-0.25, -0.2) is 0 Å². The van der Waals surface area contributed by atoms with Gasteiger partial charge in [0.15, 0.2) is 0 Å². The molecule has 0 aromatic carbocycles. The van der Waals surface area contributed by atoms with Crippen molar-refractivity contribution >= 4 is 5.97 Å². The normalized spacial score (nSPS) is 46.7. The molecule has 6 atom stereocenters. The third-order valence-corrected chi connectivity index (χ3v) is 5.75. The second kappa shape index (κ2) is 4.84. The van der Waals surface area contributed by atoms with E-state index in [1.165, 1.54) is 32.1 Å². The topological polar surface area (TPSA) is 49.3 Å². The average Bonchev–Trinajstić information content (AvgIpc) is 3.02. The van der Waals surface area contributed by atoms with Crippen molar-refractivity contribution < 1.29 is 9.90 Å². The Kier molecular flexibility index (Phi) is 3.35. The van der Waals surface area contributed by atoms with Crippen molar-refractivity contribution in [2.75, 3.05) is 0 Å². The second-order valence-electron chi connectivity index (χ2n) is 6.67. The van der Waals surface area contributed by atoms with Gasteiger partial charge in [0.1, 0.15) is 0 Å². The number of fused-ring (bicyclic) bond motifs is 2. The number of aliphatic carboxylic acids is 1. The number of hydrogen-bond donors (Lipinski definition) is 2. The van der Waals surface area contributed by atoms with Gasteiger partial charge in [-0.05, 0) is 56.3 Å². The van der Waals surface area contributed by atoms with E-state index in [9.17, 15) is 9.90 Å². The molecule has 2 N–H and O–H groups in total. The lowest BCUT2D eigenvalue weighted by molar-refractivity contribution is -0.144. The minimum Gasteiger partial charge on any atom is -0.481 e. The van der Waals surface area contributed by atoms with Crippen LogP contribution in [-0.2, 0) is 4.79 Å². The molecule has 3 aliphatic carbocycles. The summed E-state index contributed by atoms with van der Waals surface area (Å²) >= 11 is 0. The Morgan fingerprint density at radius 3 is 2.61 bits per heavy atom. The highest BCUT2D eigenvalue weighted by molar-refractivity contribution is 5.72. The van der Waals surface area contributed by atoms with E-state index >= 15 is 0 Å². The molecule has 3 nitrogen and oxygen atoms in total. The summed E-state index contributed by atoms with van der Waals surface area (Å²) < 4.78 is 0. The third-order valence-electron chi connectivity index (χ3n) is 5.75. The first-order chi connectivity index (χ1) is 8.69. The van der Waals surface area contributed by atoms with Gasteiger partial charge in [-0.3, -0.25) is 4.79 Å². The molecule has 0 saturated heterocycles. The minimum absolute atomic E-state index is 0.107. The minimum atomic E-state index is -0.565. The standard InChI is InChI=1S/C15H25NO2/c1-2-9-3-6-12(7-9)16-14-11-5-4-10(8-11)13(14)15(17)18/h9-14,16H,2-8H2,1H3,(H,17,18). The summed E-state index contributed by atoms with van der Waals surface area (Å²) in [6.07, 6.45) is 8.65. The summed E-state index contributed by atoms with van der Waals surface area (Å²) in [4.78, 5) is 11.5. The summed E-state index contributed by atoms with van der Waals surface area (Å²) in [5, 5.41) is 13.2. The fraction of sp³-hybridized carbons (Fsp3) is 0.933. The van der Waals surface area contributed by atoms with Crippen LogP contribution in [0.1, 0.15) is 51.9 Å². The van der Waals surface area contributed by atoms with Gasteiger partial charge in [0, 0.05) is 12.1 Å². The highest BCUT2D eigenvalue weighted by atomic mass is 16.4. The maximum absolute atomic E-state index is 11.5. The predicted octanol–water partition coefficient (Wildman–Crippen LogP) is 2.65. The molecule has 102 valence electrons. The molecule has 2 bridgehead atoms. The van der Waals surface area contributed by atoms with Crippen LogP contribution in [0.15, 0.2) is 0 Å². The van der Waals surface area contributed by atoms with Gasteiger partial charge in [-0.15, -0.1) is 0 Å². The molecule has 0 heterocycles. The van der Waals surface area contributed by atoms with Crippen LogP contribution in [0.4, 0.5) is 0 Å². The number of nitrogens with one attached hydrogen (secondary N) is 1. The Bertz CT molecular complexity index is 330. The van der Waals surface area contributed by atoms with Crippen molar-refractivity contribution in [3.63, 3.8) is 0 Å². The Morgan fingerprint density at radius 2 is 1.94 bits per heavy atom. The molecule has 0 aromatic heterocycles. The van der Waals surface area contributed by atoms with Crippen LogP contribution in [0, 0.1) is 23.7 Å².